The molecule has 152 valence electrons. The maximum absolute atomic E-state index is 13.3. The number of halogens is 1. The minimum Gasteiger partial charge on any atom is -0.383 e. The summed E-state index contributed by atoms with van der Waals surface area (Å²) in [5, 5.41) is 0.853. The summed E-state index contributed by atoms with van der Waals surface area (Å²) in [5.41, 5.74) is 12.5. The van der Waals surface area contributed by atoms with E-state index in [0.717, 1.165) is 45.4 Å². The maximum Gasteiger partial charge on any atom is 0.146 e. The lowest BCUT2D eigenvalue weighted by atomic mass is 9.99. The van der Waals surface area contributed by atoms with Crippen LogP contribution in [0.1, 0.15) is 5.56 Å². The molecule has 2 aromatic heterocycles. The van der Waals surface area contributed by atoms with Gasteiger partial charge in [-0.25, -0.2) is 14.4 Å². The Morgan fingerprint density at radius 2 is 1.42 bits per heavy atom. The molecule has 0 saturated heterocycles. The Bertz CT molecular complexity index is 1330. The number of hydrogen-bond donors (Lipinski definition) is 1. The molecule has 0 amide bonds. The van der Waals surface area contributed by atoms with Gasteiger partial charge in [-0.2, -0.15) is 0 Å². The first-order chi connectivity index (χ1) is 15.2. The summed E-state index contributed by atoms with van der Waals surface area (Å²) < 4.78 is 15.5. The number of benzene rings is 3. The zero-order valence-corrected chi connectivity index (χ0v) is 16.9. The maximum atomic E-state index is 13.3. The lowest BCUT2D eigenvalue weighted by Crippen LogP contribution is -2.05. The molecule has 0 radical (unpaired) electrons. The molecule has 5 aromatic rings. The molecular weight excluding hydrogens is 387 g/mol. The Labute approximate surface area is 179 Å². The summed E-state index contributed by atoms with van der Waals surface area (Å²) in [6.45, 7) is 0.676. The normalized spacial score (nSPS) is 11.1. The third-order valence-corrected chi connectivity index (χ3v) is 5.52. The Morgan fingerprint density at radius 1 is 0.774 bits per heavy atom. The van der Waals surface area contributed by atoms with Gasteiger partial charge in [-0.15, -0.1) is 0 Å². The molecule has 0 unspecified atom stereocenters. The summed E-state index contributed by atoms with van der Waals surface area (Å²) in [4.78, 5) is 8.89. The van der Waals surface area contributed by atoms with Crippen LogP contribution in [0.4, 0.5) is 10.2 Å². The van der Waals surface area contributed by atoms with E-state index in [1.807, 2.05) is 48.5 Å². The van der Waals surface area contributed by atoms with Crippen LogP contribution in [0.2, 0.25) is 0 Å². The summed E-state index contributed by atoms with van der Waals surface area (Å²) in [6.07, 6.45) is 2.25. The van der Waals surface area contributed by atoms with Crippen molar-refractivity contribution in [3.8, 4) is 22.4 Å². The molecule has 0 bridgehead atoms. The largest absolute Gasteiger partial charge is 0.383 e. The first-order valence-corrected chi connectivity index (χ1v) is 10.2. The van der Waals surface area contributed by atoms with Gasteiger partial charge in [-0.05, 0) is 35.2 Å². The van der Waals surface area contributed by atoms with Crippen LogP contribution in [0.5, 0.6) is 0 Å². The quantitative estimate of drug-likeness (QED) is 0.404. The van der Waals surface area contributed by atoms with Gasteiger partial charge in [-0.1, -0.05) is 72.8 Å². The average Bonchev–Trinajstić information content (AvgIpc) is 3.15. The number of rotatable bonds is 5. The van der Waals surface area contributed by atoms with E-state index in [1.165, 1.54) is 18.5 Å². The number of nitrogens with zero attached hydrogens (tertiary/aromatic N) is 3. The minimum atomic E-state index is -0.230. The van der Waals surface area contributed by atoms with Crippen molar-refractivity contribution in [2.45, 2.75) is 13.0 Å². The van der Waals surface area contributed by atoms with E-state index in [1.54, 1.807) is 0 Å². The number of hydrogen-bond acceptors (Lipinski definition) is 3. The van der Waals surface area contributed by atoms with E-state index in [2.05, 4.69) is 38.8 Å². The SMILES string of the molecule is Nc1ncnc2c1c(-c1ccccc1)c(-c1ccccc1)n2CCc1ccc(F)cc1. The van der Waals surface area contributed by atoms with Crippen LogP contribution in [0.25, 0.3) is 33.4 Å². The first kappa shape index (κ1) is 19.0. The third-order valence-electron chi connectivity index (χ3n) is 5.52. The molecule has 5 rings (SSSR count). The van der Waals surface area contributed by atoms with E-state index < -0.39 is 0 Å². The Hall–Kier alpha value is -3.99. The van der Waals surface area contributed by atoms with E-state index in [0.29, 0.717) is 12.4 Å². The van der Waals surface area contributed by atoms with Crippen molar-refractivity contribution < 1.29 is 4.39 Å². The van der Waals surface area contributed by atoms with Crippen LogP contribution in [-0.4, -0.2) is 14.5 Å². The molecule has 0 aliphatic heterocycles. The van der Waals surface area contributed by atoms with Crippen LogP contribution >= 0.6 is 0 Å². The lowest BCUT2D eigenvalue weighted by Gasteiger charge is -2.13. The highest BCUT2D eigenvalue weighted by Crippen LogP contribution is 2.42. The van der Waals surface area contributed by atoms with E-state index in [-0.39, 0.29) is 5.82 Å². The smallest absolute Gasteiger partial charge is 0.146 e. The predicted molar refractivity (Wildman–Crippen MR) is 123 cm³/mol. The number of anilines is 1. The van der Waals surface area contributed by atoms with E-state index in [4.69, 9.17) is 5.73 Å². The van der Waals surface area contributed by atoms with Crippen molar-refractivity contribution >= 4 is 16.9 Å². The fourth-order valence-electron chi connectivity index (χ4n) is 4.08. The molecule has 3 aromatic carbocycles. The molecule has 31 heavy (non-hydrogen) atoms. The number of aromatic nitrogens is 3. The van der Waals surface area contributed by atoms with Crippen LogP contribution in [0, 0.1) is 5.82 Å². The van der Waals surface area contributed by atoms with Crippen molar-refractivity contribution in [1.29, 1.82) is 0 Å². The highest BCUT2D eigenvalue weighted by molar-refractivity contribution is 6.07. The van der Waals surface area contributed by atoms with Gasteiger partial charge in [0.15, 0.2) is 0 Å². The summed E-state index contributed by atoms with van der Waals surface area (Å²) >= 11 is 0. The van der Waals surface area contributed by atoms with Crippen molar-refractivity contribution in [1.82, 2.24) is 14.5 Å². The Kier molecular flexibility index (Phi) is 4.92. The molecule has 2 N–H and O–H groups in total. The molecular formula is C26H21FN4. The highest BCUT2D eigenvalue weighted by Gasteiger charge is 2.23. The van der Waals surface area contributed by atoms with Gasteiger partial charge < -0.3 is 10.3 Å². The topological polar surface area (TPSA) is 56.7 Å². The van der Waals surface area contributed by atoms with Gasteiger partial charge in [0, 0.05) is 12.1 Å². The number of nitrogen functional groups attached to an aromatic ring is 1. The van der Waals surface area contributed by atoms with Crippen molar-refractivity contribution in [2.75, 3.05) is 5.73 Å². The summed E-state index contributed by atoms with van der Waals surface area (Å²) in [5.74, 6) is 0.230. The zero-order chi connectivity index (χ0) is 21.2. The molecule has 0 spiro atoms. The van der Waals surface area contributed by atoms with Crippen LogP contribution in [0.15, 0.2) is 91.3 Å². The van der Waals surface area contributed by atoms with Crippen LogP contribution in [-0.2, 0) is 13.0 Å². The second kappa shape index (κ2) is 8.03. The second-order valence-corrected chi connectivity index (χ2v) is 7.44. The van der Waals surface area contributed by atoms with Crippen molar-refractivity contribution in [3.63, 3.8) is 0 Å². The number of aryl methyl sites for hydroxylation is 2. The highest BCUT2D eigenvalue weighted by atomic mass is 19.1. The van der Waals surface area contributed by atoms with Gasteiger partial charge in [0.1, 0.15) is 23.6 Å². The van der Waals surface area contributed by atoms with Crippen molar-refractivity contribution in [3.05, 3.63) is 103 Å². The summed E-state index contributed by atoms with van der Waals surface area (Å²) in [7, 11) is 0. The van der Waals surface area contributed by atoms with Crippen LogP contribution in [0.3, 0.4) is 0 Å². The molecule has 5 heteroatoms. The first-order valence-electron chi connectivity index (χ1n) is 10.2. The van der Waals surface area contributed by atoms with Gasteiger partial charge in [0.05, 0.1) is 11.1 Å². The standard InChI is InChI=1S/C26H21FN4/c27-21-13-11-18(12-14-21)15-16-31-24(20-9-5-2-6-10-20)22(19-7-3-1-4-8-19)23-25(28)29-17-30-26(23)31/h1-14,17H,15-16H2,(H2,28,29,30). The zero-order valence-electron chi connectivity index (χ0n) is 16.9. The van der Waals surface area contributed by atoms with Crippen LogP contribution < -0.4 is 5.73 Å². The molecule has 0 aliphatic rings. The fraction of sp³-hybridized carbons (Fsp3) is 0.0769. The Balaban J connectivity index is 1.75. The van der Waals surface area contributed by atoms with Gasteiger partial charge >= 0.3 is 0 Å². The van der Waals surface area contributed by atoms with E-state index >= 15 is 0 Å². The van der Waals surface area contributed by atoms with Gasteiger partial charge in [0.2, 0.25) is 0 Å². The minimum absolute atomic E-state index is 0.230. The molecule has 0 saturated carbocycles. The monoisotopic (exact) mass is 408 g/mol. The number of nitrogens with two attached hydrogens (primary N) is 1. The lowest BCUT2D eigenvalue weighted by molar-refractivity contribution is 0.626. The Morgan fingerprint density at radius 3 is 2.10 bits per heavy atom. The predicted octanol–water partition coefficient (Wildman–Crippen LogP) is 5.73. The van der Waals surface area contributed by atoms with Gasteiger partial charge in [-0.3, -0.25) is 0 Å². The molecule has 2 heterocycles. The average molecular weight is 408 g/mol. The third kappa shape index (κ3) is 3.55. The molecule has 0 aliphatic carbocycles. The van der Waals surface area contributed by atoms with Crippen molar-refractivity contribution in [2.24, 2.45) is 0 Å². The van der Waals surface area contributed by atoms with Gasteiger partial charge in [0.25, 0.3) is 0 Å². The fourth-order valence-corrected chi connectivity index (χ4v) is 4.08. The molecule has 4 nitrogen and oxygen atoms in total. The molecule has 0 fully saturated rings. The van der Waals surface area contributed by atoms with E-state index in [9.17, 15) is 4.39 Å². The molecule has 0 atom stereocenters. The second-order valence-electron chi connectivity index (χ2n) is 7.44. The summed E-state index contributed by atoms with van der Waals surface area (Å²) in [6, 6.07) is 27.1. The number of fused-ring (bicyclic) bond motifs is 1.